The first kappa shape index (κ1) is 20.0. The first-order chi connectivity index (χ1) is 13.1. The Hall–Kier alpha value is -2.77. The number of halogens is 2. The van der Waals surface area contributed by atoms with E-state index in [9.17, 15) is 9.18 Å². The van der Waals surface area contributed by atoms with Crippen molar-refractivity contribution in [1.82, 2.24) is 14.5 Å². The molecule has 3 heterocycles. The summed E-state index contributed by atoms with van der Waals surface area (Å²) >= 11 is 0. The summed E-state index contributed by atoms with van der Waals surface area (Å²) in [6, 6.07) is 11.6. The van der Waals surface area contributed by atoms with Crippen LogP contribution in [0.4, 0.5) is 10.3 Å². The number of nitrogens with zero attached hydrogens (tertiary/aromatic N) is 4. The monoisotopic (exact) mass is 402 g/mol. The number of rotatable bonds is 3. The van der Waals surface area contributed by atoms with E-state index in [0.717, 1.165) is 11.1 Å². The average molecular weight is 403 g/mol. The lowest BCUT2D eigenvalue weighted by Crippen LogP contribution is -2.41. The maximum absolute atomic E-state index is 13.6. The lowest BCUT2D eigenvalue weighted by atomic mass is 10.1. The summed E-state index contributed by atoms with van der Waals surface area (Å²) in [6.07, 6.45) is 3.06. The fraction of sp³-hybridized carbons (Fsp3) is 0.250. The first-order valence-electron chi connectivity index (χ1n) is 8.72. The van der Waals surface area contributed by atoms with Gasteiger partial charge in [0, 0.05) is 37.6 Å². The molecule has 1 fully saturated rings. The van der Waals surface area contributed by atoms with Crippen LogP contribution in [0.2, 0.25) is 0 Å². The average Bonchev–Trinajstić information content (AvgIpc) is 2.71. The molecule has 2 aromatic heterocycles. The van der Waals surface area contributed by atoms with Crippen LogP contribution in [-0.2, 0) is 11.8 Å². The van der Waals surface area contributed by atoms with E-state index in [2.05, 4.69) is 4.98 Å². The third-order valence-electron chi connectivity index (χ3n) is 4.66. The molecule has 0 spiro atoms. The highest BCUT2D eigenvalue weighted by Gasteiger charge is 2.25. The molecule has 1 aromatic carbocycles. The van der Waals surface area contributed by atoms with Gasteiger partial charge in [-0.1, -0.05) is 12.1 Å². The summed E-state index contributed by atoms with van der Waals surface area (Å²) < 4.78 is 20.9. The fourth-order valence-corrected chi connectivity index (χ4v) is 3.22. The Morgan fingerprint density at radius 3 is 2.71 bits per heavy atom. The Morgan fingerprint density at radius 1 is 1.18 bits per heavy atom. The molecule has 28 heavy (non-hydrogen) atoms. The zero-order valence-corrected chi connectivity index (χ0v) is 16.1. The van der Waals surface area contributed by atoms with Gasteiger partial charge >= 0.3 is 0 Å². The largest absolute Gasteiger partial charge is 0.370 e. The van der Waals surface area contributed by atoms with Crippen LogP contribution in [0.1, 0.15) is 11.7 Å². The Bertz CT molecular complexity index is 1010. The summed E-state index contributed by atoms with van der Waals surface area (Å²) in [7, 11) is 1.70. The van der Waals surface area contributed by atoms with Crippen molar-refractivity contribution in [2.45, 2.75) is 6.10 Å². The van der Waals surface area contributed by atoms with Crippen molar-refractivity contribution in [3.63, 3.8) is 0 Å². The number of hydrogen-bond acceptors (Lipinski definition) is 5. The minimum atomic E-state index is -0.293. The van der Waals surface area contributed by atoms with Crippen LogP contribution in [0, 0.1) is 5.82 Å². The van der Waals surface area contributed by atoms with E-state index >= 15 is 0 Å². The van der Waals surface area contributed by atoms with E-state index in [1.54, 1.807) is 25.5 Å². The molecule has 0 bridgehead atoms. The minimum absolute atomic E-state index is 0. The highest BCUT2D eigenvalue weighted by Crippen LogP contribution is 2.26. The van der Waals surface area contributed by atoms with Crippen molar-refractivity contribution in [2.24, 2.45) is 7.05 Å². The lowest BCUT2D eigenvalue weighted by molar-refractivity contribution is 0.0388. The molecular weight excluding hydrogens is 383 g/mol. The van der Waals surface area contributed by atoms with Crippen LogP contribution in [0.5, 0.6) is 0 Å². The number of anilines is 1. The van der Waals surface area contributed by atoms with Crippen LogP contribution >= 0.6 is 12.4 Å². The van der Waals surface area contributed by atoms with Crippen molar-refractivity contribution in [2.75, 3.05) is 24.6 Å². The maximum atomic E-state index is 13.6. The third kappa shape index (κ3) is 4.05. The summed E-state index contributed by atoms with van der Waals surface area (Å²) in [6.45, 7) is 1.56. The van der Waals surface area contributed by atoms with E-state index in [0.29, 0.717) is 31.3 Å². The number of benzene rings is 1. The van der Waals surface area contributed by atoms with E-state index in [1.165, 1.54) is 22.8 Å². The summed E-state index contributed by atoms with van der Waals surface area (Å²) in [5.74, 6) is 0.275. The number of aromatic nitrogens is 3. The van der Waals surface area contributed by atoms with Crippen LogP contribution in [0.15, 0.2) is 59.7 Å². The molecule has 1 aliphatic rings. The predicted octanol–water partition coefficient (Wildman–Crippen LogP) is 2.98. The van der Waals surface area contributed by atoms with Gasteiger partial charge in [-0.25, -0.2) is 9.37 Å². The minimum Gasteiger partial charge on any atom is -0.370 e. The standard InChI is InChI=1S/C20H19FN4O2.ClH/c1-24-19(26)12-17(14-5-7-22-8-6-14)23-20(24)25-9-10-27-18(13-25)15-3-2-4-16(21)11-15;/h2-8,11-12,18H,9-10,13H2,1H3;1H/t18-;/m1./s1. The molecule has 0 aliphatic carbocycles. The number of morpholine rings is 1. The normalized spacial score (nSPS) is 16.5. The predicted molar refractivity (Wildman–Crippen MR) is 107 cm³/mol. The Kier molecular flexibility index (Phi) is 6.06. The maximum Gasteiger partial charge on any atom is 0.255 e. The van der Waals surface area contributed by atoms with Crippen molar-refractivity contribution in [1.29, 1.82) is 0 Å². The topological polar surface area (TPSA) is 60.2 Å². The molecule has 1 saturated heterocycles. The van der Waals surface area contributed by atoms with Crippen LogP contribution in [0.25, 0.3) is 11.3 Å². The smallest absolute Gasteiger partial charge is 0.255 e. The highest BCUT2D eigenvalue weighted by atomic mass is 35.5. The van der Waals surface area contributed by atoms with Crippen molar-refractivity contribution in [3.8, 4) is 11.3 Å². The molecule has 0 radical (unpaired) electrons. The molecule has 1 atom stereocenters. The SMILES string of the molecule is Cl.Cn1c(N2CCO[C@@H](c3cccc(F)c3)C2)nc(-c2ccncc2)cc1=O. The van der Waals surface area contributed by atoms with Gasteiger partial charge in [-0.2, -0.15) is 0 Å². The highest BCUT2D eigenvalue weighted by molar-refractivity contribution is 5.85. The second-order valence-electron chi connectivity index (χ2n) is 6.43. The van der Waals surface area contributed by atoms with Gasteiger partial charge in [0.25, 0.3) is 5.56 Å². The Morgan fingerprint density at radius 2 is 1.96 bits per heavy atom. The van der Waals surface area contributed by atoms with E-state index in [1.807, 2.05) is 23.1 Å². The molecule has 3 aromatic rings. The molecule has 0 saturated carbocycles. The van der Waals surface area contributed by atoms with Crippen molar-refractivity contribution < 1.29 is 9.13 Å². The molecule has 8 heteroatoms. The lowest BCUT2D eigenvalue weighted by Gasteiger charge is -2.34. The quantitative estimate of drug-likeness (QED) is 0.674. The summed E-state index contributed by atoms with van der Waals surface area (Å²) in [5.41, 5.74) is 2.07. The number of ether oxygens (including phenoxy) is 1. The molecule has 0 N–H and O–H groups in total. The molecule has 0 amide bonds. The van der Waals surface area contributed by atoms with Gasteiger partial charge in [0.15, 0.2) is 0 Å². The number of hydrogen-bond donors (Lipinski definition) is 0. The van der Waals surface area contributed by atoms with Crippen molar-refractivity contribution in [3.05, 3.63) is 76.6 Å². The molecule has 1 aliphatic heterocycles. The molecular formula is C20H20ClFN4O2. The van der Waals surface area contributed by atoms with Gasteiger partial charge in [-0.3, -0.25) is 14.3 Å². The van der Waals surface area contributed by atoms with Crippen molar-refractivity contribution >= 4 is 18.4 Å². The van der Waals surface area contributed by atoms with Gasteiger partial charge in [0.05, 0.1) is 18.8 Å². The van der Waals surface area contributed by atoms with Gasteiger partial charge < -0.3 is 9.64 Å². The molecule has 6 nitrogen and oxygen atoms in total. The van der Waals surface area contributed by atoms with Crippen LogP contribution < -0.4 is 10.5 Å². The van der Waals surface area contributed by atoms with E-state index in [-0.39, 0.29) is 29.9 Å². The van der Waals surface area contributed by atoms with Crippen LogP contribution in [-0.4, -0.2) is 34.2 Å². The third-order valence-corrected chi connectivity index (χ3v) is 4.66. The first-order valence-corrected chi connectivity index (χ1v) is 8.72. The zero-order valence-electron chi connectivity index (χ0n) is 15.3. The van der Waals surface area contributed by atoms with Gasteiger partial charge in [0.2, 0.25) is 5.95 Å². The zero-order chi connectivity index (χ0) is 18.8. The van der Waals surface area contributed by atoms with Gasteiger partial charge in [-0.05, 0) is 29.8 Å². The van der Waals surface area contributed by atoms with Gasteiger partial charge in [0.1, 0.15) is 11.9 Å². The summed E-state index contributed by atoms with van der Waals surface area (Å²) in [4.78, 5) is 23.2. The van der Waals surface area contributed by atoms with Crippen LogP contribution in [0.3, 0.4) is 0 Å². The van der Waals surface area contributed by atoms with Gasteiger partial charge in [-0.15, -0.1) is 12.4 Å². The molecule has 146 valence electrons. The number of pyridine rings is 1. The summed E-state index contributed by atoms with van der Waals surface area (Å²) in [5, 5.41) is 0. The fourth-order valence-electron chi connectivity index (χ4n) is 3.22. The van der Waals surface area contributed by atoms with E-state index in [4.69, 9.17) is 9.72 Å². The Labute approximate surface area is 168 Å². The molecule has 4 rings (SSSR count). The second-order valence-corrected chi connectivity index (χ2v) is 6.43. The van der Waals surface area contributed by atoms with E-state index < -0.39 is 0 Å². The second kappa shape index (κ2) is 8.50. The Balaban J connectivity index is 0.00000225. The molecule has 0 unspecified atom stereocenters.